The molecular weight excluding hydrogens is 507 g/mol. The topological polar surface area (TPSA) is 67.4 Å². The zero-order chi connectivity index (χ0) is 21.4. The quantitative estimate of drug-likeness (QED) is 0.161. The van der Waals surface area contributed by atoms with Crippen LogP contribution in [0.15, 0.2) is 29.3 Å². The van der Waals surface area contributed by atoms with E-state index in [0.717, 1.165) is 75.9 Å². The molecule has 31 heavy (non-hydrogen) atoms. The van der Waals surface area contributed by atoms with Gasteiger partial charge in [-0.3, -0.25) is 4.99 Å². The number of guanidine groups is 1. The van der Waals surface area contributed by atoms with Crippen molar-refractivity contribution in [1.29, 1.82) is 0 Å². The molecule has 0 amide bonds. The van der Waals surface area contributed by atoms with Crippen LogP contribution in [0, 0.1) is 0 Å². The second-order valence-electron chi connectivity index (χ2n) is 7.40. The summed E-state index contributed by atoms with van der Waals surface area (Å²) in [5.74, 6) is 1.71. The number of nitrogens with zero attached hydrogens (tertiary/aromatic N) is 2. The minimum atomic E-state index is 0. The van der Waals surface area contributed by atoms with E-state index in [-0.39, 0.29) is 24.0 Å². The Hall–Kier alpha value is -1.10. The minimum absolute atomic E-state index is 0. The van der Waals surface area contributed by atoms with Crippen molar-refractivity contribution < 1.29 is 14.2 Å². The fraction of sp³-hybridized carbons (Fsp3) is 0.696. The van der Waals surface area contributed by atoms with Crippen molar-refractivity contribution in [3.63, 3.8) is 0 Å². The monoisotopic (exact) mass is 548 g/mol. The largest absolute Gasteiger partial charge is 0.492 e. The highest BCUT2D eigenvalue weighted by molar-refractivity contribution is 14.0. The fourth-order valence-corrected chi connectivity index (χ4v) is 3.39. The SMILES string of the molecule is CCN(CC)CCOc1ccccc1CNC(=NC)NCCCOCC1CCCO1.I. The van der Waals surface area contributed by atoms with Gasteiger partial charge in [0.2, 0.25) is 0 Å². The highest BCUT2D eigenvalue weighted by atomic mass is 127. The maximum absolute atomic E-state index is 6.04. The second kappa shape index (κ2) is 17.5. The van der Waals surface area contributed by atoms with E-state index in [0.29, 0.717) is 25.9 Å². The van der Waals surface area contributed by atoms with Crippen LogP contribution in [0.3, 0.4) is 0 Å². The van der Waals surface area contributed by atoms with Crippen LogP contribution in [0.5, 0.6) is 5.75 Å². The molecule has 1 heterocycles. The van der Waals surface area contributed by atoms with Crippen LogP contribution in [0.2, 0.25) is 0 Å². The lowest BCUT2D eigenvalue weighted by Crippen LogP contribution is -2.37. The molecule has 0 bridgehead atoms. The first-order valence-electron chi connectivity index (χ1n) is 11.3. The summed E-state index contributed by atoms with van der Waals surface area (Å²) in [4.78, 5) is 6.67. The van der Waals surface area contributed by atoms with Gasteiger partial charge in [-0.05, 0) is 38.4 Å². The van der Waals surface area contributed by atoms with Crippen LogP contribution in [-0.2, 0) is 16.0 Å². The van der Waals surface area contributed by atoms with E-state index in [4.69, 9.17) is 14.2 Å². The van der Waals surface area contributed by atoms with Gasteiger partial charge in [-0.2, -0.15) is 0 Å². The van der Waals surface area contributed by atoms with Gasteiger partial charge in [0.05, 0.1) is 12.7 Å². The van der Waals surface area contributed by atoms with Crippen molar-refractivity contribution in [3.8, 4) is 5.75 Å². The van der Waals surface area contributed by atoms with Gasteiger partial charge in [0.15, 0.2) is 5.96 Å². The molecule has 2 N–H and O–H groups in total. The molecule has 0 spiro atoms. The molecule has 1 saturated heterocycles. The van der Waals surface area contributed by atoms with Crippen LogP contribution in [0.25, 0.3) is 0 Å². The van der Waals surface area contributed by atoms with Gasteiger partial charge in [0, 0.05) is 45.5 Å². The summed E-state index contributed by atoms with van der Waals surface area (Å²) in [5, 5.41) is 6.71. The third-order valence-corrected chi connectivity index (χ3v) is 5.29. The lowest BCUT2D eigenvalue weighted by Gasteiger charge is -2.19. The van der Waals surface area contributed by atoms with Gasteiger partial charge in [-0.15, -0.1) is 24.0 Å². The Balaban J connectivity index is 0.00000480. The van der Waals surface area contributed by atoms with Gasteiger partial charge >= 0.3 is 0 Å². The van der Waals surface area contributed by atoms with Gasteiger partial charge < -0.3 is 29.7 Å². The Bertz CT molecular complexity index is 608. The summed E-state index contributed by atoms with van der Waals surface area (Å²) in [7, 11) is 1.79. The molecule has 2 rings (SSSR count). The number of benzene rings is 1. The molecule has 178 valence electrons. The molecule has 1 aromatic carbocycles. The van der Waals surface area contributed by atoms with E-state index in [1.54, 1.807) is 7.05 Å². The Labute approximate surface area is 205 Å². The molecule has 0 saturated carbocycles. The second-order valence-corrected chi connectivity index (χ2v) is 7.40. The van der Waals surface area contributed by atoms with Crippen molar-refractivity contribution in [3.05, 3.63) is 29.8 Å². The number of aliphatic imine (C=N–C) groups is 1. The summed E-state index contributed by atoms with van der Waals surface area (Å²) in [6.45, 7) is 11.9. The molecule has 1 aromatic rings. The van der Waals surface area contributed by atoms with Gasteiger partial charge in [-0.25, -0.2) is 0 Å². The average Bonchev–Trinajstić information content (AvgIpc) is 3.30. The zero-order valence-electron chi connectivity index (χ0n) is 19.4. The van der Waals surface area contributed by atoms with Gasteiger partial charge in [-0.1, -0.05) is 32.0 Å². The predicted molar refractivity (Wildman–Crippen MR) is 138 cm³/mol. The normalized spacial score (nSPS) is 16.3. The van der Waals surface area contributed by atoms with Crippen LogP contribution < -0.4 is 15.4 Å². The number of para-hydroxylation sites is 1. The van der Waals surface area contributed by atoms with Gasteiger partial charge in [0.1, 0.15) is 12.4 Å². The molecule has 1 atom stereocenters. The molecule has 0 radical (unpaired) electrons. The van der Waals surface area contributed by atoms with E-state index in [1.807, 2.05) is 18.2 Å². The van der Waals surface area contributed by atoms with E-state index in [1.165, 1.54) is 0 Å². The number of halogens is 1. The first-order chi connectivity index (χ1) is 14.8. The lowest BCUT2D eigenvalue weighted by molar-refractivity contribution is 0.0168. The Kier molecular flexibility index (Phi) is 15.7. The van der Waals surface area contributed by atoms with E-state index in [9.17, 15) is 0 Å². The summed E-state index contributed by atoms with van der Waals surface area (Å²) in [5.41, 5.74) is 1.12. The van der Waals surface area contributed by atoms with Crippen molar-refractivity contribution >= 4 is 29.9 Å². The molecular formula is C23H41IN4O3. The minimum Gasteiger partial charge on any atom is -0.492 e. The molecule has 8 heteroatoms. The van der Waals surface area contributed by atoms with Crippen molar-refractivity contribution in [2.45, 2.75) is 45.8 Å². The lowest BCUT2D eigenvalue weighted by atomic mass is 10.2. The Morgan fingerprint density at radius 1 is 1.19 bits per heavy atom. The predicted octanol–water partition coefficient (Wildman–Crippen LogP) is 3.28. The number of likely N-dealkylation sites (N-methyl/N-ethyl adjacent to an activating group) is 1. The summed E-state index contributed by atoms with van der Waals surface area (Å²) in [6, 6.07) is 8.17. The Morgan fingerprint density at radius 3 is 2.71 bits per heavy atom. The van der Waals surface area contributed by atoms with Crippen LogP contribution in [0.1, 0.15) is 38.7 Å². The van der Waals surface area contributed by atoms with E-state index >= 15 is 0 Å². The van der Waals surface area contributed by atoms with Crippen molar-refractivity contribution in [2.24, 2.45) is 4.99 Å². The van der Waals surface area contributed by atoms with Crippen LogP contribution >= 0.6 is 24.0 Å². The Morgan fingerprint density at radius 2 is 2.00 bits per heavy atom. The number of hydrogen-bond donors (Lipinski definition) is 2. The number of rotatable bonds is 14. The van der Waals surface area contributed by atoms with E-state index < -0.39 is 0 Å². The molecule has 0 aliphatic carbocycles. The highest BCUT2D eigenvalue weighted by Gasteiger charge is 2.14. The smallest absolute Gasteiger partial charge is 0.191 e. The van der Waals surface area contributed by atoms with Crippen molar-refractivity contribution in [2.75, 3.05) is 59.7 Å². The maximum Gasteiger partial charge on any atom is 0.191 e. The van der Waals surface area contributed by atoms with Crippen LogP contribution in [-0.4, -0.2) is 76.6 Å². The van der Waals surface area contributed by atoms with Gasteiger partial charge in [0.25, 0.3) is 0 Å². The average molecular weight is 549 g/mol. The number of hydrogen-bond acceptors (Lipinski definition) is 5. The maximum atomic E-state index is 6.04. The third-order valence-electron chi connectivity index (χ3n) is 5.29. The molecule has 1 aliphatic heterocycles. The van der Waals surface area contributed by atoms with Crippen molar-refractivity contribution in [1.82, 2.24) is 15.5 Å². The molecule has 0 aromatic heterocycles. The number of ether oxygens (including phenoxy) is 3. The standard InChI is InChI=1S/C23H40N4O3.HI/c1-4-27(5-2)14-17-30-22-12-7-6-10-20(22)18-26-23(24-3)25-13-9-15-28-19-21-11-8-16-29-21;/h6-7,10,12,21H,4-5,8-9,11,13-19H2,1-3H3,(H2,24,25,26);1H. The fourth-order valence-electron chi connectivity index (χ4n) is 3.39. The molecule has 1 fully saturated rings. The third kappa shape index (κ3) is 11.4. The summed E-state index contributed by atoms with van der Waals surface area (Å²) >= 11 is 0. The molecule has 7 nitrogen and oxygen atoms in total. The molecule has 1 unspecified atom stereocenters. The summed E-state index contributed by atoms with van der Waals surface area (Å²) < 4.78 is 17.3. The molecule has 1 aliphatic rings. The first kappa shape index (κ1) is 27.9. The summed E-state index contributed by atoms with van der Waals surface area (Å²) in [6.07, 6.45) is 3.50. The first-order valence-corrected chi connectivity index (χ1v) is 11.3. The van der Waals surface area contributed by atoms with Crippen LogP contribution in [0.4, 0.5) is 0 Å². The van der Waals surface area contributed by atoms with E-state index in [2.05, 4.69) is 40.4 Å². The zero-order valence-corrected chi connectivity index (χ0v) is 21.7. The number of nitrogens with one attached hydrogen (secondary N) is 2. The highest BCUT2D eigenvalue weighted by Crippen LogP contribution is 2.17.